The summed E-state index contributed by atoms with van der Waals surface area (Å²) in [4.78, 5) is 2.42. The van der Waals surface area contributed by atoms with Crippen LogP contribution in [0.25, 0.3) is 0 Å². The molecule has 2 rings (SSSR count). The summed E-state index contributed by atoms with van der Waals surface area (Å²) in [6.07, 6.45) is 9.01. The second-order valence-electron chi connectivity index (χ2n) is 3.04. The lowest BCUT2D eigenvalue weighted by molar-refractivity contribution is 0.288. The monoisotopic (exact) mass is 150 g/mol. The summed E-state index contributed by atoms with van der Waals surface area (Å²) in [5, 5.41) is 3.40. The van der Waals surface area contributed by atoms with Gasteiger partial charge in [0.1, 0.15) is 5.82 Å². The van der Waals surface area contributed by atoms with Gasteiger partial charge in [-0.25, -0.2) is 0 Å². The average Bonchev–Trinajstić information content (AvgIpc) is 2.28. The fourth-order valence-corrected chi connectivity index (χ4v) is 1.60. The van der Waals surface area contributed by atoms with Gasteiger partial charge in [0.2, 0.25) is 0 Å². The van der Waals surface area contributed by atoms with E-state index in [-0.39, 0.29) is 0 Å². The van der Waals surface area contributed by atoms with E-state index >= 15 is 0 Å². The van der Waals surface area contributed by atoms with Crippen LogP contribution in [0.5, 0.6) is 0 Å². The number of rotatable bonds is 0. The molecule has 0 atom stereocenters. The zero-order valence-electron chi connectivity index (χ0n) is 6.71. The van der Waals surface area contributed by atoms with E-state index in [1.165, 1.54) is 31.8 Å². The first-order valence-corrected chi connectivity index (χ1v) is 4.32. The smallest absolute Gasteiger partial charge is 0.101 e. The maximum atomic E-state index is 3.40. The Bertz CT molecular complexity index is 194. The van der Waals surface area contributed by atoms with Crippen LogP contribution in [0.1, 0.15) is 12.8 Å². The number of allylic oxidation sites excluding steroid dienone is 2. The van der Waals surface area contributed by atoms with E-state index in [1.54, 1.807) is 0 Å². The van der Waals surface area contributed by atoms with Gasteiger partial charge in [-0.1, -0.05) is 12.2 Å². The quantitative estimate of drug-likeness (QED) is 0.556. The van der Waals surface area contributed by atoms with Gasteiger partial charge in [-0.05, 0) is 18.9 Å². The van der Waals surface area contributed by atoms with Crippen molar-refractivity contribution >= 4 is 0 Å². The molecule has 0 bridgehead atoms. The van der Waals surface area contributed by atoms with E-state index in [4.69, 9.17) is 0 Å². The molecule has 2 nitrogen and oxygen atoms in total. The van der Waals surface area contributed by atoms with Crippen molar-refractivity contribution < 1.29 is 0 Å². The molecule has 0 aromatic rings. The Morgan fingerprint density at radius 1 is 1.36 bits per heavy atom. The highest BCUT2D eigenvalue weighted by atomic mass is 15.3. The molecule has 0 amide bonds. The van der Waals surface area contributed by atoms with Gasteiger partial charge < -0.3 is 10.2 Å². The van der Waals surface area contributed by atoms with Gasteiger partial charge in [-0.3, -0.25) is 0 Å². The third-order valence-corrected chi connectivity index (χ3v) is 2.21. The van der Waals surface area contributed by atoms with Crippen LogP contribution in [0.2, 0.25) is 0 Å². The Morgan fingerprint density at radius 2 is 2.36 bits per heavy atom. The fourth-order valence-electron chi connectivity index (χ4n) is 1.60. The molecule has 0 spiro atoms. The van der Waals surface area contributed by atoms with Crippen molar-refractivity contribution in [2.24, 2.45) is 0 Å². The third kappa shape index (κ3) is 1.39. The molecule has 1 N–H and O–H groups in total. The van der Waals surface area contributed by atoms with Crippen molar-refractivity contribution in [3.8, 4) is 0 Å². The molecule has 0 saturated carbocycles. The van der Waals surface area contributed by atoms with Crippen molar-refractivity contribution in [2.75, 3.05) is 19.6 Å². The van der Waals surface area contributed by atoms with Crippen LogP contribution in [-0.2, 0) is 0 Å². The van der Waals surface area contributed by atoms with Crippen LogP contribution in [0.15, 0.2) is 24.0 Å². The Labute approximate surface area is 67.6 Å². The van der Waals surface area contributed by atoms with Gasteiger partial charge in [-0.15, -0.1) is 0 Å². The fraction of sp³-hybridized carbons (Fsp3) is 0.556. The highest BCUT2D eigenvalue weighted by molar-refractivity contribution is 5.14. The minimum absolute atomic E-state index is 1.14. The molecule has 2 heteroatoms. The number of nitrogens with zero attached hydrogens (tertiary/aromatic N) is 1. The number of hydrogen-bond acceptors (Lipinski definition) is 2. The lowest BCUT2D eigenvalue weighted by atomic mass is 10.3. The van der Waals surface area contributed by atoms with E-state index in [2.05, 4.69) is 28.4 Å². The summed E-state index contributed by atoms with van der Waals surface area (Å²) in [5.74, 6) is 1.31. The van der Waals surface area contributed by atoms with Crippen molar-refractivity contribution in [1.82, 2.24) is 10.2 Å². The summed E-state index contributed by atoms with van der Waals surface area (Å²) in [6.45, 7) is 3.53. The first-order chi connectivity index (χ1) is 5.47. The minimum atomic E-state index is 1.14. The van der Waals surface area contributed by atoms with Crippen LogP contribution in [0.3, 0.4) is 0 Å². The predicted octanol–water partition coefficient (Wildman–Crippen LogP) is 1.08. The van der Waals surface area contributed by atoms with E-state index in [9.17, 15) is 0 Å². The number of hydrogen-bond donors (Lipinski definition) is 1. The van der Waals surface area contributed by atoms with Crippen LogP contribution >= 0.6 is 0 Å². The molecule has 11 heavy (non-hydrogen) atoms. The molecule has 0 aliphatic carbocycles. The minimum Gasteiger partial charge on any atom is -0.372 e. The normalized spacial score (nSPS) is 23.3. The Kier molecular flexibility index (Phi) is 1.84. The summed E-state index contributed by atoms with van der Waals surface area (Å²) < 4.78 is 0. The van der Waals surface area contributed by atoms with Gasteiger partial charge in [-0.2, -0.15) is 0 Å². The lowest BCUT2D eigenvalue weighted by Crippen LogP contribution is -2.39. The van der Waals surface area contributed by atoms with Gasteiger partial charge in [0.25, 0.3) is 0 Å². The Morgan fingerprint density at radius 3 is 3.36 bits per heavy atom. The molecular formula is C9H14N2. The first-order valence-electron chi connectivity index (χ1n) is 4.32. The third-order valence-electron chi connectivity index (χ3n) is 2.21. The van der Waals surface area contributed by atoms with Gasteiger partial charge in [0.15, 0.2) is 0 Å². The summed E-state index contributed by atoms with van der Waals surface area (Å²) in [5.41, 5.74) is 0. The second kappa shape index (κ2) is 2.99. The van der Waals surface area contributed by atoms with Gasteiger partial charge in [0, 0.05) is 19.6 Å². The standard InChI is InChI=1S/C9H14N2/c1-2-5-9-10-6-4-8-11(9)7-3-1/h1-2,5,10H,3-4,6-8H2. The zero-order valence-corrected chi connectivity index (χ0v) is 6.71. The van der Waals surface area contributed by atoms with Crippen molar-refractivity contribution in [1.29, 1.82) is 0 Å². The maximum Gasteiger partial charge on any atom is 0.101 e. The van der Waals surface area contributed by atoms with Gasteiger partial charge in [0.05, 0.1) is 0 Å². The predicted molar refractivity (Wildman–Crippen MR) is 46.0 cm³/mol. The highest BCUT2D eigenvalue weighted by Gasteiger charge is 2.13. The van der Waals surface area contributed by atoms with Crippen LogP contribution in [0, 0.1) is 0 Å². The Hall–Kier alpha value is -0.920. The molecular weight excluding hydrogens is 136 g/mol. The first kappa shape index (κ1) is 6.77. The van der Waals surface area contributed by atoms with Crippen molar-refractivity contribution in [2.45, 2.75) is 12.8 Å². The van der Waals surface area contributed by atoms with E-state index in [0.29, 0.717) is 0 Å². The number of nitrogens with one attached hydrogen (secondary N) is 1. The van der Waals surface area contributed by atoms with Crippen LogP contribution in [0.4, 0.5) is 0 Å². The largest absolute Gasteiger partial charge is 0.372 e. The molecule has 2 aliphatic rings. The summed E-state index contributed by atoms with van der Waals surface area (Å²) >= 11 is 0. The molecule has 2 aliphatic heterocycles. The molecule has 2 heterocycles. The maximum absolute atomic E-state index is 3.40. The average molecular weight is 150 g/mol. The van der Waals surface area contributed by atoms with Crippen LogP contribution in [-0.4, -0.2) is 24.5 Å². The Balaban J connectivity index is 2.11. The molecule has 0 unspecified atom stereocenters. The second-order valence-corrected chi connectivity index (χ2v) is 3.04. The molecule has 1 fully saturated rings. The van der Waals surface area contributed by atoms with Crippen LogP contribution < -0.4 is 5.32 Å². The van der Waals surface area contributed by atoms with Crippen molar-refractivity contribution in [3.05, 3.63) is 24.0 Å². The lowest BCUT2D eigenvalue weighted by Gasteiger charge is -2.31. The van der Waals surface area contributed by atoms with E-state index in [1.807, 2.05) is 0 Å². The highest BCUT2D eigenvalue weighted by Crippen LogP contribution is 2.11. The summed E-state index contributed by atoms with van der Waals surface area (Å²) in [7, 11) is 0. The topological polar surface area (TPSA) is 15.3 Å². The van der Waals surface area contributed by atoms with E-state index in [0.717, 1.165) is 6.54 Å². The number of fused-ring (bicyclic) bond motifs is 1. The molecule has 60 valence electrons. The molecule has 1 saturated heterocycles. The van der Waals surface area contributed by atoms with Crippen molar-refractivity contribution in [3.63, 3.8) is 0 Å². The van der Waals surface area contributed by atoms with Gasteiger partial charge >= 0.3 is 0 Å². The molecule has 0 aromatic carbocycles. The molecule has 0 aromatic heterocycles. The zero-order chi connectivity index (χ0) is 7.52. The van der Waals surface area contributed by atoms with E-state index < -0.39 is 0 Å². The molecule has 0 radical (unpaired) electrons. The SMILES string of the molecule is C1=CCCN2CCCNC2=C1. The summed E-state index contributed by atoms with van der Waals surface area (Å²) in [6, 6.07) is 0.